The van der Waals surface area contributed by atoms with Crippen LogP contribution in [0, 0.1) is 6.92 Å². The van der Waals surface area contributed by atoms with E-state index in [0.717, 1.165) is 22.0 Å². The van der Waals surface area contributed by atoms with Crippen LogP contribution < -0.4 is 0 Å². The SMILES string of the molecule is Cc1nnsc1CN(C)C(=O)c1cc(-c2cccn2C)n[nH]1. The smallest absolute Gasteiger partial charge is 0.271 e. The Morgan fingerprint density at radius 2 is 2.32 bits per heavy atom. The highest BCUT2D eigenvalue weighted by Crippen LogP contribution is 2.19. The van der Waals surface area contributed by atoms with Gasteiger partial charge in [0.25, 0.3) is 5.91 Å². The first-order valence-corrected chi connectivity index (χ1v) is 7.54. The van der Waals surface area contributed by atoms with E-state index in [4.69, 9.17) is 0 Å². The molecule has 7 nitrogen and oxygen atoms in total. The van der Waals surface area contributed by atoms with E-state index in [9.17, 15) is 4.79 Å². The maximum Gasteiger partial charge on any atom is 0.271 e. The minimum atomic E-state index is -0.110. The number of H-pyrrole nitrogens is 1. The third-order valence-corrected chi connectivity index (χ3v) is 4.30. The van der Waals surface area contributed by atoms with Gasteiger partial charge >= 0.3 is 0 Å². The lowest BCUT2D eigenvalue weighted by Gasteiger charge is -2.14. The van der Waals surface area contributed by atoms with Crippen molar-refractivity contribution < 1.29 is 4.79 Å². The van der Waals surface area contributed by atoms with Gasteiger partial charge in [-0.25, -0.2) is 0 Å². The quantitative estimate of drug-likeness (QED) is 0.796. The van der Waals surface area contributed by atoms with Gasteiger partial charge in [-0.2, -0.15) is 5.10 Å². The molecule has 3 rings (SSSR count). The predicted octanol–water partition coefficient (Wildman–Crippen LogP) is 1.85. The Morgan fingerprint density at radius 3 is 2.95 bits per heavy atom. The Kier molecular flexibility index (Phi) is 3.76. The van der Waals surface area contributed by atoms with Crippen LogP contribution in [0.1, 0.15) is 21.1 Å². The van der Waals surface area contributed by atoms with Gasteiger partial charge in [0.15, 0.2) is 0 Å². The molecular weight excluding hydrogens is 300 g/mol. The van der Waals surface area contributed by atoms with Crippen molar-refractivity contribution in [3.05, 3.63) is 40.7 Å². The second kappa shape index (κ2) is 5.72. The van der Waals surface area contributed by atoms with Crippen LogP contribution in [0.15, 0.2) is 24.4 Å². The standard InChI is InChI=1S/C14H16N6OS/c1-9-13(22-18-15-9)8-20(3)14(21)11-7-10(16-17-11)12-5-4-6-19(12)2/h4-7H,8H2,1-3H3,(H,16,17). The van der Waals surface area contributed by atoms with E-state index in [-0.39, 0.29) is 5.91 Å². The molecule has 0 aliphatic rings. The number of rotatable bonds is 4. The number of hydrogen-bond donors (Lipinski definition) is 1. The van der Waals surface area contributed by atoms with Crippen molar-refractivity contribution in [1.82, 2.24) is 29.3 Å². The molecule has 3 aromatic rings. The van der Waals surface area contributed by atoms with Gasteiger partial charge in [-0.15, -0.1) is 5.10 Å². The number of nitrogens with zero attached hydrogens (tertiary/aromatic N) is 5. The molecule has 0 bridgehead atoms. The molecule has 0 aromatic carbocycles. The van der Waals surface area contributed by atoms with Crippen molar-refractivity contribution in [3.63, 3.8) is 0 Å². The van der Waals surface area contributed by atoms with Crippen molar-refractivity contribution in [3.8, 4) is 11.4 Å². The molecule has 22 heavy (non-hydrogen) atoms. The average molecular weight is 316 g/mol. The van der Waals surface area contributed by atoms with Crippen LogP contribution >= 0.6 is 11.5 Å². The molecule has 0 fully saturated rings. The maximum absolute atomic E-state index is 12.5. The molecule has 0 radical (unpaired) electrons. The second-order valence-corrected chi connectivity index (χ2v) is 5.95. The highest BCUT2D eigenvalue weighted by atomic mass is 32.1. The molecule has 8 heteroatoms. The van der Waals surface area contributed by atoms with Crippen molar-refractivity contribution in [2.75, 3.05) is 7.05 Å². The Balaban J connectivity index is 1.77. The fraction of sp³-hybridized carbons (Fsp3) is 0.286. The topological polar surface area (TPSA) is 79.7 Å². The summed E-state index contributed by atoms with van der Waals surface area (Å²) in [5.74, 6) is -0.110. The number of carbonyl (C=O) groups is 1. The minimum Gasteiger partial charge on any atom is -0.349 e. The van der Waals surface area contributed by atoms with Crippen LogP contribution in [0.3, 0.4) is 0 Å². The van der Waals surface area contributed by atoms with E-state index in [1.54, 1.807) is 18.0 Å². The Hall–Kier alpha value is -2.48. The summed E-state index contributed by atoms with van der Waals surface area (Å²) in [5.41, 5.74) is 3.04. The summed E-state index contributed by atoms with van der Waals surface area (Å²) in [6.45, 7) is 2.38. The molecule has 0 saturated heterocycles. The lowest BCUT2D eigenvalue weighted by atomic mass is 10.2. The van der Waals surface area contributed by atoms with Crippen LogP contribution in [0.4, 0.5) is 0 Å². The molecule has 0 spiro atoms. The van der Waals surface area contributed by atoms with Crippen LogP contribution in [0.2, 0.25) is 0 Å². The van der Waals surface area contributed by atoms with Crippen molar-refractivity contribution in [2.24, 2.45) is 7.05 Å². The number of aromatic amines is 1. The predicted molar refractivity (Wildman–Crippen MR) is 83.4 cm³/mol. The molecule has 0 atom stereocenters. The Morgan fingerprint density at radius 1 is 1.50 bits per heavy atom. The monoisotopic (exact) mass is 316 g/mol. The molecule has 3 heterocycles. The van der Waals surface area contributed by atoms with Crippen LogP contribution in [0.5, 0.6) is 0 Å². The molecule has 0 aliphatic heterocycles. The van der Waals surface area contributed by atoms with E-state index in [2.05, 4.69) is 19.8 Å². The third kappa shape index (κ3) is 2.64. The van der Waals surface area contributed by atoms with Crippen LogP contribution in [-0.2, 0) is 13.6 Å². The van der Waals surface area contributed by atoms with E-state index >= 15 is 0 Å². The van der Waals surface area contributed by atoms with E-state index in [0.29, 0.717) is 12.2 Å². The van der Waals surface area contributed by atoms with Crippen molar-refractivity contribution in [1.29, 1.82) is 0 Å². The fourth-order valence-corrected chi connectivity index (χ4v) is 2.86. The molecular formula is C14H16N6OS. The first kappa shape index (κ1) is 14.5. The summed E-state index contributed by atoms with van der Waals surface area (Å²) in [4.78, 5) is 15.1. The van der Waals surface area contributed by atoms with Gasteiger partial charge in [-0.1, -0.05) is 4.49 Å². The third-order valence-electron chi connectivity index (χ3n) is 3.49. The zero-order chi connectivity index (χ0) is 15.7. The number of hydrogen-bond acceptors (Lipinski definition) is 5. The van der Waals surface area contributed by atoms with E-state index in [1.165, 1.54) is 11.5 Å². The van der Waals surface area contributed by atoms with Gasteiger partial charge in [0.1, 0.15) is 11.4 Å². The first-order valence-electron chi connectivity index (χ1n) is 6.76. The lowest BCUT2D eigenvalue weighted by Crippen LogP contribution is -2.26. The normalized spacial score (nSPS) is 10.9. The highest BCUT2D eigenvalue weighted by Gasteiger charge is 2.18. The van der Waals surface area contributed by atoms with Gasteiger partial charge in [0.2, 0.25) is 0 Å². The van der Waals surface area contributed by atoms with Crippen LogP contribution in [-0.4, -0.2) is 42.2 Å². The second-order valence-electron chi connectivity index (χ2n) is 5.11. The maximum atomic E-state index is 12.5. The molecule has 0 aliphatic carbocycles. The van der Waals surface area contributed by atoms with Gasteiger partial charge < -0.3 is 9.47 Å². The summed E-state index contributed by atoms with van der Waals surface area (Å²) < 4.78 is 5.84. The number of carbonyl (C=O) groups excluding carboxylic acids is 1. The number of amides is 1. The molecule has 3 aromatic heterocycles. The molecule has 0 saturated carbocycles. The fourth-order valence-electron chi connectivity index (χ4n) is 2.18. The number of aromatic nitrogens is 5. The first-order chi connectivity index (χ1) is 10.6. The highest BCUT2D eigenvalue weighted by molar-refractivity contribution is 7.05. The largest absolute Gasteiger partial charge is 0.349 e. The molecule has 114 valence electrons. The summed E-state index contributed by atoms with van der Waals surface area (Å²) in [6, 6.07) is 5.67. The minimum absolute atomic E-state index is 0.110. The molecule has 0 unspecified atom stereocenters. The van der Waals surface area contributed by atoms with Gasteiger partial charge in [-0.3, -0.25) is 9.89 Å². The Bertz CT molecular complexity index is 802. The van der Waals surface area contributed by atoms with Gasteiger partial charge in [0, 0.05) is 20.3 Å². The van der Waals surface area contributed by atoms with Crippen molar-refractivity contribution >= 4 is 17.4 Å². The summed E-state index contributed by atoms with van der Waals surface area (Å²) in [5, 5.41) is 11.0. The summed E-state index contributed by atoms with van der Waals surface area (Å²) >= 11 is 1.31. The molecule has 1 amide bonds. The summed E-state index contributed by atoms with van der Waals surface area (Å²) in [7, 11) is 3.70. The van der Waals surface area contributed by atoms with Gasteiger partial charge in [-0.05, 0) is 36.7 Å². The van der Waals surface area contributed by atoms with E-state index in [1.807, 2.05) is 36.9 Å². The average Bonchev–Trinajstić information content (AvgIpc) is 3.20. The lowest BCUT2D eigenvalue weighted by molar-refractivity contribution is 0.0780. The molecule has 1 N–H and O–H groups in total. The van der Waals surface area contributed by atoms with Crippen LogP contribution in [0.25, 0.3) is 11.4 Å². The Labute approximate surface area is 131 Å². The zero-order valence-corrected chi connectivity index (χ0v) is 13.4. The number of nitrogens with one attached hydrogen (secondary N) is 1. The van der Waals surface area contributed by atoms with Crippen molar-refractivity contribution in [2.45, 2.75) is 13.5 Å². The van der Waals surface area contributed by atoms with Gasteiger partial charge in [0.05, 0.1) is 22.8 Å². The zero-order valence-electron chi connectivity index (χ0n) is 12.6. The van der Waals surface area contributed by atoms with E-state index < -0.39 is 0 Å². The summed E-state index contributed by atoms with van der Waals surface area (Å²) in [6.07, 6.45) is 1.94. The number of aryl methyl sites for hydroxylation is 2.